The molecule has 0 bridgehead atoms. The molecule has 9 heteroatoms. The summed E-state index contributed by atoms with van der Waals surface area (Å²) in [5.74, 6) is 0.929. The first kappa shape index (κ1) is 20.7. The van der Waals surface area contributed by atoms with Gasteiger partial charge in [-0.15, -0.1) is 0 Å². The second-order valence-corrected chi connectivity index (χ2v) is 7.88. The normalized spacial score (nSPS) is 14.9. The maximum absolute atomic E-state index is 12.9. The molecule has 5 rings (SSSR count). The molecule has 0 aliphatic carbocycles. The molecule has 4 aromatic rings. The summed E-state index contributed by atoms with van der Waals surface area (Å²) in [5.41, 5.74) is 1.58. The molecule has 0 spiro atoms. The molecule has 3 aromatic heterocycles. The molecule has 168 valence electrons. The van der Waals surface area contributed by atoms with Gasteiger partial charge in [-0.05, 0) is 38.1 Å². The van der Waals surface area contributed by atoms with E-state index in [1.165, 1.54) is 0 Å². The summed E-state index contributed by atoms with van der Waals surface area (Å²) in [6, 6.07) is 11.0. The summed E-state index contributed by atoms with van der Waals surface area (Å²) in [4.78, 5) is 30.3. The molecule has 4 heterocycles. The number of benzene rings is 1. The molecule has 1 aromatic carbocycles. The first-order chi connectivity index (χ1) is 16.0. The third-order valence-electron chi connectivity index (χ3n) is 5.50. The van der Waals surface area contributed by atoms with Gasteiger partial charge >= 0.3 is 0 Å². The quantitative estimate of drug-likeness (QED) is 0.507. The molecular weight excluding hydrogens is 422 g/mol. The van der Waals surface area contributed by atoms with Crippen LogP contribution in [0.15, 0.2) is 59.8 Å². The zero-order chi connectivity index (χ0) is 22.9. The Labute approximate surface area is 189 Å². The summed E-state index contributed by atoms with van der Waals surface area (Å²) in [6.45, 7) is 5.24. The first-order valence-corrected chi connectivity index (χ1v) is 10.7. The van der Waals surface area contributed by atoms with E-state index in [1.54, 1.807) is 40.0 Å². The largest absolute Gasteiger partial charge is 0.486 e. The van der Waals surface area contributed by atoms with E-state index in [1.807, 2.05) is 38.1 Å². The van der Waals surface area contributed by atoms with Crippen molar-refractivity contribution in [3.8, 4) is 11.5 Å². The number of pyridine rings is 2. The number of ether oxygens (including phenoxy) is 2. The highest BCUT2D eigenvalue weighted by molar-refractivity contribution is 6.05. The lowest BCUT2D eigenvalue weighted by Gasteiger charge is -2.26. The van der Waals surface area contributed by atoms with Gasteiger partial charge in [0.1, 0.15) is 17.8 Å². The van der Waals surface area contributed by atoms with E-state index in [4.69, 9.17) is 9.47 Å². The maximum atomic E-state index is 12.9. The topological polar surface area (TPSA) is 100 Å². The van der Waals surface area contributed by atoms with Crippen LogP contribution >= 0.6 is 0 Å². The number of para-hydroxylation sites is 2. The van der Waals surface area contributed by atoms with Crippen molar-refractivity contribution in [2.75, 3.05) is 11.9 Å². The Balaban J connectivity index is 1.32. The van der Waals surface area contributed by atoms with Crippen LogP contribution in [-0.4, -0.2) is 37.9 Å². The molecule has 9 nitrogen and oxygen atoms in total. The van der Waals surface area contributed by atoms with Crippen molar-refractivity contribution in [3.63, 3.8) is 0 Å². The number of amides is 1. The van der Waals surface area contributed by atoms with Gasteiger partial charge in [0.05, 0.1) is 23.8 Å². The molecule has 1 N–H and O–H groups in total. The number of fused-ring (bicyclic) bond motifs is 2. The number of carbonyl (C=O) groups excluding carboxylic acids is 1. The van der Waals surface area contributed by atoms with Gasteiger partial charge < -0.3 is 19.4 Å². The van der Waals surface area contributed by atoms with E-state index in [9.17, 15) is 9.59 Å². The third kappa shape index (κ3) is 4.05. The number of aryl methyl sites for hydroxylation is 2. The smallest absolute Gasteiger partial charge is 0.261 e. The molecule has 33 heavy (non-hydrogen) atoms. The molecule has 1 aliphatic rings. The lowest BCUT2D eigenvalue weighted by Crippen LogP contribution is -2.33. The van der Waals surface area contributed by atoms with Gasteiger partial charge in [-0.3, -0.25) is 14.3 Å². The molecule has 0 saturated carbocycles. The zero-order valence-corrected chi connectivity index (χ0v) is 18.3. The maximum Gasteiger partial charge on any atom is 0.261 e. The Morgan fingerprint density at radius 2 is 2.00 bits per heavy atom. The van der Waals surface area contributed by atoms with Crippen LogP contribution in [0.25, 0.3) is 11.0 Å². The summed E-state index contributed by atoms with van der Waals surface area (Å²) in [5, 5.41) is 7.49. The number of hydrogen-bond acceptors (Lipinski definition) is 6. The number of hydrogen-bond donors (Lipinski definition) is 1. The fraction of sp³-hybridized carbons (Fsp3) is 0.250. The minimum Gasteiger partial charge on any atom is -0.486 e. The predicted octanol–water partition coefficient (Wildman–Crippen LogP) is 3.01. The zero-order valence-electron chi connectivity index (χ0n) is 18.3. The van der Waals surface area contributed by atoms with E-state index >= 15 is 0 Å². The van der Waals surface area contributed by atoms with Crippen molar-refractivity contribution in [2.24, 2.45) is 0 Å². The van der Waals surface area contributed by atoms with Gasteiger partial charge in [-0.2, -0.15) is 5.10 Å². The minimum atomic E-state index is -0.490. The van der Waals surface area contributed by atoms with Gasteiger partial charge in [-0.25, -0.2) is 4.98 Å². The van der Waals surface area contributed by atoms with Crippen LogP contribution in [-0.2, 0) is 13.1 Å². The average Bonchev–Trinajstić information content (AvgIpc) is 3.25. The summed E-state index contributed by atoms with van der Waals surface area (Å²) in [7, 11) is 0. The molecule has 0 saturated heterocycles. The lowest BCUT2D eigenvalue weighted by atomic mass is 10.1. The van der Waals surface area contributed by atoms with Crippen LogP contribution in [0.4, 0.5) is 5.69 Å². The number of rotatable bonds is 5. The van der Waals surface area contributed by atoms with Crippen molar-refractivity contribution < 1.29 is 14.3 Å². The van der Waals surface area contributed by atoms with E-state index in [0.717, 1.165) is 11.4 Å². The molecule has 1 atom stereocenters. The van der Waals surface area contributed by atoms with Crippen LogP contribution < -0.4 is 20.2 Å². The van der Waals surface area contributed by atoms with Gasteiger partial charge in [0, 0.05) is 24.6 Å². The van der Waals surface area contributed by atoms with Crippen LogP contribution in [0, 0.1) is 6.92 Å². The van der Waals surface area contributed by atoms with Crippen molar-refractivity contribution in [1.29, 1.82) is 0 Å². The summed E-state index contributed by atoms with van der Waals surface area (Å²) < 4.78 is 15.2. The Morgan fingerprint density at radius 3 is 2.82 bits per heavy atom. The average molecular weight is 445 g/mol. The second kappa shape index (κ2) is 8.42. The number of aromatic nitrogens is 4. The predicted molar refractivity (Wildman–Crippen MR) is 123 cm³/mol. The highest BCUT2D eigenvalue weighted by Crippen LogP contribution is 2.31. The monoisotopic (exact) mass is 445 g/mol. The van der Waals surface area contributed by atoms with Gasteiger partial charge in [0.15, 0.2) is 17.6 Å². The van der Waals surface area contributed by atoms with Crippen LogP contribution in [0.5, 0.6) is 11.5 Å². The number of anilines is 1. The van der Waals surface area contributed by atoms with E-state index in [-0.39, 0.29) is 17.1 Å². The highest BCUT2D eigenvalue weighted by atomic mass is 16.6. The van der Waals surface area contributed by atoms with Crippen LogP contribution in [0.1, 0.15) is 23.0 Å². The number of nitrogens with one attached hydrogen (secondary N) is 1. The SMILES string of the molecule is CCn1cc(C(=O)Nc2cnn(CC3COc4ccccc4O3)c2)c(=O)c2ccc(C)nc21. The first-order valence-electron chi connectivity index (χ1n) is 10.7. The van der Waals surface area contributed by atoms with Crippen molar-refractivity contribution in [2.45, 2.75) is 33.0 Å². The Morgan fingerprint density at radius 1 is 1.18 bits per heavy atom. The summed E-state index contributed by atoms with van der Waals surface area (Å²) >= 11 is 0. The van der Waals surface area contributed by atoms with Gasteiger partial charge in [-0.1, -0.05) is 12.1 Å². The highest BCUT2D eigenvalue weighted by Gasteiger charge is 2.22. The van der Waals surface area contributed by atoms with Crippen LogP contribution in [0.2, 0.25) is 0 Å². The third-order valence-corrected chi connectivity index (χ3v) is 5.50. The van der Waals surface area contributed by atoms with E-state index in [2.05, 4.69) is 15.4 Å². The van der Waals surface area contributed by atoms with E-state index < -0.39 is 5.91 Å². The number of nitrogens with zero attached hydrogens (tertiary/aromatic N) is 4. The van der Waals surface area contributed by atoms with Gasteiger partial charge in [0.25, 0.3) is 5.91 Å². The molecular formula is C24H23N5O4. The Bertz CT molecular complexity index is 1410. The van der Waals surface area contributed by atoms with Crippen molar-refractivity contribution in [3.05, 3.63) is 76.5 Å². The molecule has 1 amide bonds. The Kier molecular flexibility index (Phi) is 5.29. The molecule has 0 fully saturated rings. The van der Waals surface area contributed by atoms with Crippen molar-refractivity contribution in [1.82, 2.24) is 19.3 Å². The molecule has 1 aliphatic heterocycles. The summed E-state index contributed by atoms with van der Waals surface area (Å²) in [6.07, 6.45) is 4.59. The fourth-order valence-electron chi connectivity index (χ4n) is 3.85. The van der Waals surface area contributed by atoms with E-state index in [0.29, 0.717) is 42.2 Å². The Hall–Kier alpha value is -4.14. The molecule has 0 radical (unpaired) electrons. The molecule has 1 unspecified atom stereocenters. The lowest BCUT2D eigenvalue weighted by molar-refractivity contribution is 0.0759. The van der Waals surface area contributed by atoms with Gasteiger partial charge in [0.2, 0.25) is 5.43 Å². The van der Waals surface area contributed by atoms with Crippen LogP contribution in [0.3, 0.4) is 0 Å². The fourth-order valence-corrected chi connectivity index (χ4v) is 3.85. The second-order valence-electron chi connectivity index (χ2n) is 7.88. The minimum absolute atomic E-state index is 0.0587. The standard InChI is InChI=1S/C24H23N5O4/c1-3-28-13-19(22(30)18-9-8-15(2)26-23(18)28)24(31)27-16-10-25-29(11-16)12-17-14-32-20-6-4-5-7-21(20)33-17/h4-11,13,17H,3,12,14H2,1-2H3,(H,27,31). The van der Waals surface area contributed by atoms with Crippen molar-refractivity contribution >= 4 is 22.6 Å². The number of carbonyl (C=O) groups is 1.